The summed E-state index contributed by atoms with van der Waals surface area (Å²) in [6, 6.07) is 94.6. The van der Waals surface area contributed by atoms with Crippen LogP contribution in [0.4, 0.5) is 0 Å². The van der Waals surface area contributed by atoms with Gasteiger partial charge in [0.15, 0.2) is 34.9 Å². The summed E-state index contributed by atoms with van der Waals surface area (Å²) in [6.45, 7) is 0. The second-order valence-corrected chi connectivity index (χ2v) is 21.6. The van der Waals surface area contributed by atoms with Crippen LogP contribution in [-0.2, 0) is 5.41 Å². The van der Waals surface area contributed by atoms with Crippen molar-refractivity contribution in [3.8, 4) is 102 Å². The van der Waals surface area contributed by atoms with Crippen LogP contribution in [0.1, 0.15) is 67.5 Å². The lowest BCUT2D eigenvalue weighted by atomic mass is 9.61. The van der Waals surface area contributed by atoms with Crippen molar-refractivity contribution in [2.24, 2.45) is 0 Å². The molecule has 2 atom stereocenters. The molecule has 0 N–H and O–H groups in total. The number of para-hydroxylation sites is 2. The zero-order valence-electron chi connectivity index (χ0n) is 44.1. The van der Waals surface area contributed by atoms with E-state index in [4.69, 9.17) is 34.6 Å². The maximum absolute atomic E-state index is 6.65. The molecule has 1 aliphatic heterocycles. The van der Waals surface area contributed by atoms with Gasteiger partial charge in [-0.1, -0.05) is 231 Å². The molecule has 3 heterocycles. The molecule has 4 aliphatic carbocycles. The molecule has 82 heavy (non-hydrogen) atoms. The van der Waals surface area contributed by atoms with Crippen molar-refractivity contribution in [2.45, 2.75) is 17.3 Å². The van der Waals surface area contributed by atoms with Crippen LogP contribution in [0.15, 0.2) is 267 Å². The number of nitrogens with zero attached hydrogens (tertiary/aromatic N) is 6. The van der Waals surface area contributed by atoms with Gasteiger partial charge in [0.2, 0.25) is 0 Å². The maximum atomic E-state index is 6.65. The highest BCUT2D eigenvalue weighted by Gasteiger charge is 2.51. The average Bonchev–Trinajstić information content (AvgIpc) is 3.22. The fourth-order valence-corrected chi connectivity index (χ4v) is 13.7. The summed E-state index contributed by atoms with van der Waals surface area (Å²) in [7, 11) is 0. The van der Waals surface area contributed by atoms with Gasteiger partial charge in [0.05, 0.1) is 5.41 Å². The van der Waals surface area contributed by atoms with Gasteiger partial charge in [0.25, 0.3) is 0 Å². The maximum Gasteiger partial charge on any atom is 0.164 e. The molecule has 13 aromatic rings. The quantitative estimate of drug-likeness (QED) is 0.157. The third-order valence-corrected chi connectivity index (χ3v) is 17.2. The Kier molecular flexibility index (Phi) is 10.2. The van der Waals surface area contributed by atoms with Gasteiger partial charge in [-0.2, -0.15) is 0 Å². The largest absolute Gasteiger partial charge is 0.457 e. The van der Waals surface area contributed by atoms with Crippen molar-refractivity contribution in [3.05, 3.63) is 323 Å². The first-order valence-electron chi connectivity index (χ1n) is 27.9. The number of hydrogen-bond donors (Lipinski definition) is 0. The van der Waals surface area contributed by atoms with Crippen molar-refractivity contribution in [3.63, 3.8) is 0 Å². The molecule has 11 aromatic carbocycles. The Morgan fingerprint density at radius 3 is 1.10 bits per heavy atom. The zero-order chi connectivity index (χ0) is 53.9. The molecule has 0 radical (unpaired) electrons. The molecule has 0 fully saturated rings. The highest BCUT2D eigenvalue weighted by molar-refractivity contribution is 5.91. The Bertz CT molecular complexity index is 4650. The van der Waals surface area contributed by atoms with Crippen LogP contribution < -0.4 is 4.74 Å². The fraction of sp³-hybridized carbons (Fsp3) is 0.0400. The van der Waals surface area contributed by atoms with Crippen LogP contribution in [0.3, 0.4) is 0 Å². The topological polar surface area (TPSA) is 86.6 Å². The van der Waals surface area contributed by atoms with E-state index < -0.39 is 5.41 Å². The smallest absolute Gasteiger partial charge is 0.164 e. The molecule has 0 amide bonds. The van der Waals surface area contributed by atoms with E-state index >= 15 is 0 Å². The number of benzene rings is 11. The average molecular weight is 1050 g/mol. The van der Waals surface area contributed by atoms with E-state index in [0.29, 0.717) is 34.9 Å². The Morgan fingerprint density at radius 1 is 0.232 bits per heavy atom. The van der Waals surface area contributed by atoms with Crippen molar-refractivity contribution in [2.75, 3.05) is 0 Å². The standard InChI is InChI=1S/C75H46N6O/c1-4-19-45(20-5-1)69-76-70(46-21-6-2-7-22-46)79-73(78-69)51-36-39-57-59(42-51)67-55-28-10-11-29-56(55)68(57)60-43-52(37-40-58(60)67)74-80-71(47-23-8-3-9-24-47)77-72(81-74)50-26-18-25-48(41-50)49-35-38-54-53-27-12-13-30-61(53)75(64(54)44-49)62-31-14-16-33-65(62)82-66-34-17-15-32-63(66)75/h1-44,67-68H. The Labute approximate surface area is 474 Å². The van der Waals surface area contributed by atoms with Gasteiger partial charge in [-0.15, -0.1) is 0 Å². The van der Waals surface area contributed by atoms with Crippen LogP contribution in [0, 0.1) is 0 Å². The molecule has 5 aliphatic rings. The number of rotatable bonds is 7. The fourth-order valence-electron chi connectivity index (χ4n) is 13.7. The van der Waals surface area contributed by atoms with Crippen molar-refractivity contribution < 1.29 is 4.74 Å². The lowest BCUT2D eigenvalue weighted by Crippen LogP contribution is -2.32. The molecule has 382 valence electrons. The molecular formula is C75H46N6O. The minimum Gasteiger partial charge on any atom is -0.457 e. The van der Waals surface area contributed by atoms with E-state index in [-0.39, 0.29) is 11.8 Å². The van der Waals surface area contributed by atoms with E-state index in [2.05, 4.69) is 212 Å². The Morgan fingerprint density at radius 2 is 0.585 bits per heavy atom. The molecule has 18 rings (SSSR count). The molecule has 7 nitrogen and oxygen atoms in total. The number of hydrogen-bond acceptors (Lipinski definition) is 7. The molecular weight excluding hydrogens is 1000 g/mol. The van der Waals surface area contributed by atoms with Crippen molar-refractivity contribution >= 4 is 0 Å². The van der Waals surface area contributed by atoms with Gasteiger partial charge in [0, 0.05) is 56.3 Å². The summed E-state index contributed by atoms with van der Waals surface area (Å²) in [6.07, 6.45) is 0. The third-order valence-electron chi connectivity index (χ3n) is 17.2. The first-order chi connectivity index (χ1) is 40.6. The molecule has 2 unspecified atom stereocenters. The van der Waals surface area contributed by atoms with Crippen molar-refractivity contribution in [1.29, 1.82) is 0 Å². The first kappa shape index (κ1) is 46.2. The molecule has 0 saturated heterocycles. The van der Waals surface area contributed by atoms with Gasteiger partial charge in [-0.05, 0) is 103 Å². The second-order valence-electron chi connectivity index (χ2n) is 21.6. The Balaban J connectivity index is 0.773. The van der Waals surface area contributed by atoms with Crippen LogP contribution in [0.25, 0.3) is 90.6 Å². The summed E-state index contributed by atoms with van der Waals surface area (Å²) in [5.74, 6) is 5.51. The van der Waals surface area contributed by atoms with Gasteiger partial charge >= 0.3 is 0 Å². The van der Waals surface area contributed by atoms with Gasteiger partial charge < -0.3 is 4.74 Å². The molecule has 1 spiro atoms. The summed E-state index contributed by atoms with van der Waals surface area (Å²) >= 11 is 0. The molecule has 7 heteroatoms. The highest BCUT2D eigenvalue weighted by atomic mass is 16.5. The van der Waals surface area contributed by atoms with E-state index in [0.717, 1.165) is 67.1 Å². The number of ether oxygens (including phenoxy) is 1. The highest BCUT2D eigenvalue weighted by Crippen LogP contribution is 2.63. The summed E-state index contributed by atoms with van der Waals surface area (Å²) in [5.41, 5.74) is 22.2. The number of fused-ring (bicyclic) bond motifs is 9. The van der Waals surface area contributed by atoms with Crippen LogP contribution in [-0.4, -0.2) is 29.9 Å². The van der Waals surface area contributed by atoms with Crippen molar-refractivity contribution in [1.82, 2.24) is 29.9 Å². The van der Waals surface area contributed by atoms with Crippen LogP contribution in [0.2, 0.25) is 0 Å². The predicted octanol–water partition coefficient (Wildman–Crippen LogP) is 17.2. The monoisotopic (exact) mass is 1050 g/mol. The van der Waals surface area contributed by atoms with E-state index in [9.17, 15) is 0 Å². The first-order valence-corrected chi connectivity index (χ1v) is 27.9. The van der Waals surface area contributed by atoms with E-state index in [1.54, 1.807) is 0 Å². The minimum atomic E-state index is -0.574. The predicted molar refractivity (Wildman–Crippen MR) is 323 cm³/mol. The SMILES string of the molecule is c1ccc(-c2nc(-c3ccccc3)nc(-c3ccc4c(c3)C3c5ccccc5C4c4cc(-c5nc(-c6ccccc6)nc(-c6cccc(-c7ccc8c(c7)C7(c9ccccc9Oc9ccccc97)c7ccccc7-8)c6)n5)ccc43)n2)cc1. The van der Waals surface area contributed by atoms with Gasteiger partial charge in [0.1, 0.15) is 11.5 Å². The Hall–Kier alpha value is -10.8. The third kappa shape index (κ3) is 7.02. The van der Waals surface area contributed by atoms with Crippen LogP contribution in [0.5, 0.6) is 11.5 Å². The zero-order valence-corrected chi connectivity index (χ0v) is 44.1. The lowest BCUT2D eigenvalue weighted by Gasteiger charge is -2.42. The minimum absolute atomic E-state index is 0.0000364. The lowest BCUT2D eigenvalue weighted by molar-refractivity contribution is 0.436. The summed E-state index contributed by atoms with van der Waals surface area (Å²) in [5, 5.41) is 0. The number of aromatic nitrogens is 6. The van der Waals surface area contributed by atoms with Gasteiger partial charge in [-0.25, -0.2) is 29.9 Å². The van der Waals surface area contributed by atoms with Gasteiger partial charge in [-0.3, -0.25) is 0 Å². The molecule has 2 bridgehead atoms. The van der Waals surface area contributed by atoms with E-state index in [1.807, 2.05) is 54.6 Å². The molecule has 0 saturated carbocycles. The normalized spacial score (nSPS) is 15.0. The second kappa shape index (κ2) is 18.1. The van der Waals surface area contributed by atoms with Crippen LogP contribution >= 0.6 is 0 Å². The molecule has 2 aromatic heterocycles. The summed E-state index contributed by atoms with van der Waals surface area (Å²) < 4.78 is 6.65. The summed E-state index contributed by atoms with van der Waals surface area (Å²) in [4.78, 5) is 31.1. The van der Waals surface area contributed by atoms with E-state index in [1.165, 1.54) is 55.6 Å².